The van der Waals surface area contributed by atoms with E-state index in [2.05, 4.69) is 22.2 Å². The molecule has 1 aromatic rings. The van der Waals surface area contributed by atoms with Gasteiger partial charge < -0.3 is 10.1 Å². The van der Waals surface area contributed by atoms with Crippen molar-refractivity contribution in [3.05, 3.63) is 17.5 Å². The van der Waals surface area contributed by atoms with Gasteiger partial charge >= 0.3 is 0 Å². The van der Waals surface area contributed by atoms with E-state index in [1.807, 2.05) is 13.1 Å². The molecule has 6 heteroatoms. The number of carbonyl (C=O) groups is 1. The van der Waals surface area contributed by atoms with E-state index in [0.29, 0.717) is 12.2 Å². The van der Waals surface area contributed by atoms with Crippen LogP contribution in [0.4, 0.5) is 0 Å². The van der Waals surface area contributed by atoms with Crippen molar-refractivity contribution in [2.45, 2.75) is 26.2 Å². The van der Waals surface area contributed by atoms with Crippen molar-refractivity contribution < 1.29 is 9.53 Å². The van der Waals surface area contributed by atoms with Crippen LogP contribution in [0.15, 0.2) is 6.07 Å². The number of amides is 1. The van der Waals surface area contributed by atoms with Crippen LogP contribution < -0.4 is 5.32 Å². The molecular formula is C15H26N4O2. The highest BCUT2D eigenvalue weighted by molar-refractivity contribution is 5.92. The van der Waals surface area contributed by atoms with E-state index >= 15 is 0 Å². The fraction of sp³-hybridized carbons (Fsp3) is 0.733. The van der Waals surface area contributed by atoms with Crippen molar-refractivity contribution in [2.75, 3.05) is 39.4 Å². The van der Waals surface area contributed by atoms with Crippen LogP contribution in [0.5, 0.6) is 0 Å². The first-order valence-electron chi connectivity index (χ1n) is 7.82. The van der Waals surface area contributed by atoms with Crippen LogP contribution in [0.25, 0.3) is 0 Å². The molecule has 2 rings (SSSR count). The van der Waals surface area contributed by atoms with Gasteiger partial charge in [0.15, 0.2) is 0 Å². The molecule has 118 valence electrons. The number of ether oxygens (including phenoxy) is 1. The number of hydrogen-bond donors (Lipinski definition) is 1. The summed E-state index contributed by atoms with van der Waals surface area (Å²) in [4.78, 5) is 14.5. The molecule has 1 saturated heterocycles. The first-order valence-corrected chi connectivity index (χ1v) is 7.82. The smallest absolute Gasteiger partial charge is 0.269 e. The number of aryl methyl sites for hydroxylation is 2. The van der Waals surface area contributed by atoms with Gasteiger partial charge in [0.2, 0.25) is 0 Å². The van der Waals surface area contributed by atoms with E-state index in [-0.39, 0.29) is 5.91 Å². The summed E-state index contributed by atoms with van der Waals surface area (Å²) in [5.41, 5.74) is 1.63. The van der Waals surface area contributed by atoms with Crippen LogP contribution in [0, 0.1) is 0 Å². The summed E-state index contributed by atoms with van der Waals surface area (Å²) >= 11 is 0. The zero-order valence-corrected chi connectivity index (χ0v) is 13.1. The maximum atomic E-state index is 12.1. The largest absolute Gasteiger partial charge is 0.379 e. The van der Waals surface area contributed by atoms with Crippen LogP contribution in [0.3, 0.4) is 0 Å². The van der Waals surface area contributed by atoms with Crippen molar-refractivity contribution in [3.63, 3.8) is 0 Å². The Hall–Kier alpha value is -1.40. The molecule has 0 aliphatic carbocycles. The zero-order chi connectivity index (χ0) is 15.1. The number of rotatable bonds is 7. The van der Waals surface area contributed by atoms with Gasteiger partial charge in [-0.2, -0.15) is 5.10 Å². The molecule has 0 atom stereocenters. The molecule has 1 aliphatic heterocycles. The molecular weight excluding hydrogens is 268 g/mol. The molecule has 6 nitrogen and oxygen atoms in total. The molecule has 0 unspecified atom stereocenters. The van der Waals surface area contributed by atoms with Gasteiger partial charge in [0.05, 0.1) is 18.9 Å². The molecule has 1 N–H and O–H groups in total. The maximum Gasteiger partial charge on any atom is 0.269 e. The topological polar surface area (TPSA) is 59.4 Å². The van der Waals surface area contributed by atoms with Crippen LogP contribution in [0.1, 0.15) is 35.9 Å². The Morgan fingerprint density at radius 3 is 2.90 bits per heavy atom. The van der Waals surface area contributed by atoms with Gasteiger partial charge in [-0.25, -0.2) is 0 Å². The van der Waals surface area contributed by atoms with E-state index < -0.39 is 0 Å². The Bertz CT molecular complexity index is 453. The number of nitrogens with one attached hydrogen (secondary N) is 1. The minimum absolute atomic E-state index is 0.0330. The van der Waals surface area contributed by atoms with Crippen molar-refractivity contribution >= 4 is 5.91 Å². The summed E-state index contributed by atoms with van der Waals surface area (Å²) in [6.07, 6.45) is 2.92. The van der Waals surface area contributed by atoms with Gasteiger partial charge in [-0.3, -0.25) is 14.4 Å². The third-order valence-corrected chi connectivity index (χ3v) is 3.71. The lowest BCUT2D eigenvalue weighted by Crippen LogP contribution is -2.38. The highest BCUT2D eigenvalue weighted by atomic mass is 16.5. The van der Waals surface area contributed by atoms with Crippen molar-refractivity contribution in [3.8, 4) is 0 Å². The second kappa shape index (κ2) is 8.14. The number of nitrogens with zero attached hydrogens (tertiary/aromatic N) is 3. The average molecular weight is 294 g/mol. The summed E-state index contributed by atoms with van der Waals surface area (Å²) in [5, 5.41) is 7.33. The van der Waals surface area contributed by atoms with Gasteiger partial charge in [-0.05, 0) is 25.5 Å². The van der Waals surface area contributed by atoms with Gasteiger partial charge in [0.25, 0.3) is 5.91 Å². The zero-order valence-electron chi connectivity index (χ0n) is 13.1. The molecule has 1 aromatic heterocycles. The van der Waals surface area contributed by atoms with Gasteiger partial charge in [-0.1, -0.05) is 13.3 Å². The summed E-state index contributed by atoms with van der Waals surface area (Å²) < 4.78 is 6.99. The fourth-order valence-electron chi connectivity index (χ4n) is 2.54. The number of morpholine rings is 1. The Kier molecular flexibility index (Phi) is 6.20. The highest BCUT2D eigenvalue weighted by Gasteiger charge is 2.13. The minimum Gasteiger partial charge on any atom is -0.379 e. The molecule has 0 bridgehead atoms. The van der Waals surface area contributed by atoms with Gasteiger partial charge in [0, 0.05) is 26.7 Å². The van der Waals surface area contributed by atoms with Crippen LogP contribution in [0.2, 0.25) is 0 Å². The van der Waals surface area contributed by atoms with Crippen LogP contribution in [-0.2, 0) is 18.2 Å². The van der Waals surface area contributed by atoms with Gasteiger partial charge in [-0.15, -0.1) is 0 Å². The first kappa shape index (κ1) is 16.0. The lowest BCUT2D eigenvalue weighted by Gasteiger charge is -2.26. The summed E-state index contributed by atoms with van der Waals surface area (Å²) in [6, 6.07) is 1.89. The monoisotopic (exact) mass is 294 g/mol. The third-order valence-electron chi connectivity index (χ3n) is 3.71. The summed E-state index contributed by atoms with van der Waals surface area (Å²) in [6.45, 7) is 7.45. The quantitative estimate of drug-likeness (QED) is 0.757. The van der Waals surface area contributed by atoms with E-state index in [1.54, 1.807) is 4.68 Å². The van der Waals surface area contributed by atoms with E-state index in [4.69, 9.17) is 4.74 Å². The molecule has 2 heterocycles. The predicted octanol–water partition coefficient (Wildman–Crippen LogP) is 0.825. The summed E-state index contributed by atoms with van der Waals surface area (Å²) in [5.74, 6) is -0.0330. The molecule has 0 radical (unpaired) electrons. The molecule has 1 aliphatic rings. The van der Waals surface area contributed by atoms with E-state index in [1.165, 1.54) is 0 Å². The van der Waals surface area contributed by atoms with Crippen LogP contribution >= 0.6 is 0 Å². The standard InChI is InChI=1S/C15H26N4O2/c1-3-5-13-12-14(18(2)17-13)15(20)16-6-4-7-19-8-10-21-11-9-19/h12H,3-11H2,1-2H3,(H,16,20). The SMILES string of the molecule is CCCc1cc(C(=O)NCCCN2CCOCC2)n(C)n1. The van der Waals surface area contributed by atoms with Crippen molar-refractivity contribution in [1.82, 2.24) is 20.0 Å². The van der Waals surface area contributed by atoms with Crippen LogP contribution in [-0.4, -0.2) is 60.0 Å². The molecule has 1 amide bonds. The second-order valence-electron chi connectivity index (χ2n) is 5.46. The Morgan fingerprint density at radius 1 is 1.43 bits per heavy atom. The Morgan fingerprint density at radius 2 is 2.19 bits per heavy atom. The second-order valence-corrected chi connectivity index (χ2v) is 5.46. The average Bonchev–Trinajstić information content (AvgIpc) is 2.86. The molecule has 0 saturated carbocycles. The molecule has 0 spiro atoms. The minimum atomic E-state index is -0.0330. The first-order chi connectivity index (χ1) is 10.2. The van der Waals surface area contributed by atoms with Gasteiger partial charge in [0.1, 0.15) is 5.69 Å². The van der Waals surface area contributed by atoms with E-state index in [9.17, 15) is 4.79 Å². The number of hydrogen-bond acceptors (Lipinski definition) is 4. The van der Waals surface area contributed by atoms with Crippen molar-refractivity contribution in [1.29, 1.82) is 0 Å². The lowest BCUT2D eigenvalue weighted by atomic mass is 10.2. The molecule has 1 fully saturated rings. The number of aromatic nitrogens is 2. The molecule has 21 heavy (non-hydrogen) atoms. The normalized spacial score (nSPS) is 16.1. The van der Waals surface area contributed by atoms with E-state index in [0.717, 1.165) is 57.8 Å². The maximum absolute atomic E-state index is 12.1. The lowest BCUT2D eigenvalue weighted by molar-refractivity contribution is 0.0374. The highest BCUT2D eigenvalue weighted by Crippen LogP contribution is 2.05. The summed E-state index contributed by atoms with van der Waals surface area (Å²) in [7, 11) is 1.82. The fourth-order valence-corrected chi connectivity index (χ4v) is 2.54. The third kappa shape index (κ3) is 4.82. The Labute approximate surface area is 126 Å². The van der Waals surface area contributed by atoms with Crippen molar-refractivity contribution in [2.24, 2.45) is 7.05 Å². The number of carbonyl (C=O) groups excluding carboxylic acids is 1. The Balaban J connectivity index is 1.71. The predicted molar refractivity (Wildman–Crippen MR) is 81.4 cm³/mol. The molecule has 0 aromatic carbocycles.